The number of pyridine rings is 1. The molecule has 1 unspecified atom stereocenters. The van der Waals surface area contributed by atoms with E-state index in [0.29, 0.717) is 28.9 Å². The van der Waals surface area contributed by atoms with Crippen LogP contribution in [0.25, 0.3) is 5.65 Å². The first kappa shape index (κ1) is 15.5. The van der Waals surface area contributed by atoms with Crippen LogP contribution in [-0.2, 0) is 6.42 Å². The number of hydrogen-bond donors (Lipinski definition) is 2. The second kappa shape index (κ2) is 6.04. The topological polar surface area (TPSA) is 85.3 Å². The van der Waals surface area contributed by atoms with Gasteiger partial charge in [-0.3, -0.25) is 9.20 Å². The van der Waals surface area contributed by atoms with Crippen molar-refractivity contribution in [2.75, 3.05) is 0 Å². The zero-order valence-electron chi connectivity index (χ0n) is 12.5. The van der Waals surface area contributed by atoms with Gasteiger partial charge in [0.05, 0.1) is 10.6 Å². The highest BCUT2D eigenvalue weighted by molar-refractivity contribution is 8.06. The standard InChI is InChI=1S/C15H16FN5OS/c1-8-3-4-12-10(8)5-11(14-20-18-7-21(12)14)15(22)19-9(2)23-13(16)6-17/h5-8H,2-4,17H2,1H3,(H,19,22)/b13-6-. The average molecular weight is 333 g/mol. The van der Waals surface area contributed by atoms with Crippen LogP contribution in [0.4, 0.5) is 4.39 Å². The molecule has 3 rings (SSSR count). The SMILES string of the molecule is C=C(NC(=O)c1cc2c(n3cnnc13)CCC2C)S/C(F)=C\N. The number of nitrogens with zero attached hydrogens (tertiary/aromatic N) is 3. The lowest BCUT2D eigenvalue weighted by atomic mass is 10.0. The molecule has 2 heterocycles. The summed E-state index contributed by atoms with van der Waals surface area (Å²) in [5, 5.41) is 10.0. The molecule has 3 N–H and O–H groups in total. The van der Waals surface area contributed by atoms with Gasteiger partial charge in [-0.15, -0.1) is 10.2 Å². The normalized spacial score (nSPS) is 17.3. The number of carbonyl (C=O) groups excluding carboxylic acids is 1. The maximum Gasteiger partial charge on any atom is 0.259 e. The zero-order valence-corrected chi connectivity index (χ0v) is 13.4. The van der Waals surface area contributed by atoms with Crippen LogP contribution >= 0.6 is 11.8 Å². The van der Waals surface area contributed by atoms with Crippen LogP contribution < -0.4 is 11.1 Å². The van der Waals surface area contributed by atoms with Crippen LogP contribution in [-0.4, -0.2) is 20.5 Å². The fourth-order valence-electron chi connectivity index (χ4n) is 2.80. The molecular formula is C15H16FN5OS. The molecule has 0 aromatic carbocycles. The summed E-state index contributed by atoms with van der Waals surface area (Å²) in [4.78, 5) is 12.5. The second-order valence-electron chi connectivity index (χ2n) is 5.37. The van der Waals surface area contributed by atoms with Crippen LogP contribution in [0, 0.1) is 0 Å². The predicted molar refractivity (Wildman–Crippen MR) is 87.3 cm³/mol. The number of rotatable bonds is 4. The minimum absolute atomic E-state index is 0.153. The van der Waals surface area contributed by atoms with Gasteiger partial charge in [-0.1, -0.05) is 13.5 Å². The molecule has 6 nitrogen and oxygen atoms in total. The molecule has 23 heavy (non-hydrogen) atoms. The molecule has 1 aliphatic rings. The molecule has 8 heteroatoms. The Balaban J connectivity index is 1.94. The quantitative estimate of drug-likeness (QED) is 0.897. The first-order chi connectivity index (χ1) is 11.0. The Bertz CT molecular complexity index is 829. The molecule has 2 aromatic heterocycles. The highest BCUT2D eigenvalue weighted by Crippen LogP contribution is 2.34. The van der Waals surface area contributed by atoms with Gasteiger partial charge in [0.1, 0.15) is 6.33 Å². The summed E-state index contributed by atoms with van der Waals surface area (Å²) >= 11 is 0.656. The van der Waals surface area contributed by atoms with Crippen molar-refractivity contribution in [1.82, 2.24) is 19.9 Å². The van der Waals surface area contributed by atoms with Crippen molar-refractivity contribution in [3.63, 3.8) is 0 Å². The molecule has 0 radical (unpaired) electrons. The van der Waals surface area contributed by atoms with Gasteiger partial charge in [-0.25, -0.2) is 0 Å². The summed E-state index contributed by atoms with van der Waals surface area (Å²) in [5.41, 5.74) is 8.21. The van der Waals surface area contributed by atoms with E-state index in [1.807, 2.05) is 10.5 Å². The number of carbonyl (C=O) groups is 1. The number of halogens is 1. The molecule has 1 amide bonds. The summed E-state index contributed by atoms with van der Waals surface area (Å²) < 4.78 is 15.0. The molecule has 1 aliphatic carbocycles. The second-order valence-corrected chi connectivity index (χ2v) is 6.46. The number of aromatic nitrogens is 3. The van der Waals surface area contributed by atoms with E-state index < -0.39 is 11.1 Å². The van der Waals surface area contributed by atoms with Crippen molar-refractivity contribution in [3.8, 4) is 0 Å². The van der Waals surface area contributed by atoms with Crippen LogP contribution in [0.15, 0.2) is 35.4 Å². The Morgan fingerprint density at radius 2 is 2.43 bits per heavy atom. The smallest absolute Gasteiger partial charge is 0.259 e. The lowest BCUT2D eigenvalue weighted by Gasteiger charge is -2.11. The number of hydrogen-bond acceptors (Lipinski definition) is 5. The van der Waals surface area contributed by atoms with Crippen molar-refractivity contribution in [2.45, 2.75) is 25.7 Å². The van der Waals surface area contributed by atoms with Gasteiger partial charge >= 0.3 is 0 Å². The van der Waals surface area contributed by atoms with Crippen molar-refractivity contribution in [2.24, 2.45) is 5.73 Å². The molecule has 0 fully saturated rings. The van der Waals surface area contributed by atoms with Crippen LogP contribution in [0.5, 0.6) is 0 Å². The Labute approximate surface area is 136 Å². The molecule has 0 bridgehead atoms. The van der Waals surface area contributed by atoms with E-state index >= 15 is 0 Å². The Morgan fingerprint density at radius 1 is 1.65 bits per heavy atom. The largest absolute Gasteiger partial charge is 0.402 e. The van der Waals surface area contributed by atoms with Crippen LogP contribution in [0.2, 0.25) is 0 Å². The third kappa shape index (κ3) is 2.81. The average Bonchev–Trinajstić information content (AvgIpc) is 3.12. The van der Waals surface area contributed by atoms with Gasteiger partial charge in [0.2, 0.25) is 0 Å². The van der Waals surface area contributed by atoms with Gasteiger partial charge in [-0.2, -0.15) is 4.39 Å². The van der Waals surface area contributed by atoms with Crippen LogP contribution in [0.3, 0.4) is 0 Å². The van der Waals surface area contributed by atoms with E-state index in [1.165, 1.54) is 0 Å². The van der Waals surface area contributed by atoms with Gasteiger partial charge in [0, 0.05) is 11.9 Å². The van der Waals surface area contributed by atoms with Gasteiger partial charge in [0.25, 0.3) is 5.91 Å². The van der Waals surface area contributed by atoms with Gasteiger partial charge in [-0.05, 0) is 42.2 Å². The van der Waals surface area contributed by atoms with Crippen molar-refractivity contribution in [1.29, 1.82) is 0 Å². The number of nitrogens with one attached hydrogen (secondary N) is 1. The molecule has 0 spiro atoms. The number of fused-ring (bicyclic) bond motifs is 3. The van der Waals surface area contributed by atoms with E-state index in [4.69, 9.17) is 5.73 Å². The molecule has 1 atom stereocenters. The molecule has 0 saturated heterocycles. The summed E-state index contributed by atoms with van der Waals surface area (Å²) in [6.45, 7) is 5.74. The maximum absolute atomic E-state index is 13.1. The third-order valence-electron chi connectivity index (χ3n) is 3.91. The monoisotopic (exact) mass is 333 g/mol. The fourth-order valence-corrected chi connectivity index (χ4v) is 3.24. The van der Waals surface area contributed by atoms with Gasteiger partial charge < -0.3 is 11.1 Å². The van der Waals surface area contributed by atoms with E-state index in [9.17, 15) is 9.18 Å². The van der Waals surface area contributed by atoms with E-state index in [-0.39, 0.29) is 5.03 Å². The van der Waals surface area contributed by atoms with Gasteiger partial charge in [0.15, 0.2) is 10.8 Å². The highest BCUT2D eigenvalue weighted by atomic mass is 32.2. The summed E-state index contributed by atoms with van der Waals surface area (Å²) in [7, 11) is 0. The first-order valence-corrected chi connectivity index (χ1v) is 7.94. The van der Waals surface area contributed by atoms with E-state index in [1.54, 1.807) is 6.33 Å². The molecule has 120 valence electrons. The number of amides is 1. The maximum atomic E-state index is 13.1. The summed E-state index contributed by atoms with van der Waals surface area (Å²) in [6, 6.07) is 1.85. The fraction of sp³-hybridized carbons (Fsp3) is 0.267. The number of aryl methyl sites for hydroxylation is 1. The number of nitrogens with two attached hydrogens (primary N) is 1. The van der Waals surface area contributed by atoms with Crippen molar-refractivity contribution < 1.29 is 9.18 Å². The molecular weight excluding hydrogens is 317 g/mol. The van der Waals surface area contributed by atoms with Crippen molar-refractivity contribution in [3.05, 3.63) is 52.2 Å². The minimum atomic E-state index is -0.634. The Hall–Kier alpha value is -2.35. The predicted octanol–water partition coefficient (Wildman–Crippen LogP) is 2.44. The van der Waals surface area contributed by atoms with E-state index in [2.05, 4.69) is 29.0 Å². The molecule has 2 aromatic rings. The van der Waals surface area contributed by atoms with Crippen LogP contribution in [0.1, 0.15) is 40.9 Å². The Morgan fingerprint density at radius 3 is 3.17 bits per heavy atom. The highest BCUT2D eigenvalue weighted by Gasteiger charge is 2.25. The lowest BCUT2D eigenvalue weighted by Crippen LogP contribution is -2.22. The minimum Gasteiger partial charge on any atom is -0.402 e. The molecule has 0 aliphatic heterocycles. The first-order valence-electron chi connectivity index (χ1n) is 7.12. The summed E-state index contributed by atoms with van der Waals surface area (Å²) in [5.74, 6) is -0.0224. The zero-order chi connectivity index (χ0) is 16.6. The molecule has 0 saturated carbocycles. The Kier molecular flexibility index (Phi) is 4.08. The third-order valence-corrected chi connectivity index (χ3v) is 4.59. The summed E-state index contributed by atoms with van der Waals surface area (Å²) in [6.07, 6.45) is 4.39. The van der Waals surface area contributed by atoms with Crippen molar-refractivity contribution >= 4 is 23.3 Å². The lowest BCUT2D eigenvalue weighted by molar-refractivity contribution is 0.0970. The van der Waals surface area contributed by atoms with E-state index in [0.717, 1.165) is 30.3 Å². The number of thioether (sulfide) groups is 1.